The quantitative estimate of drug-likeness (QED) is 0.871. The molecule has 0 saturated heterocycles. The van der Waals surface area contributed by atoms with Crippen LogP contribution in [0.2, 0.25) is 10.0 Å². The van der Waals surface area contributed by atoms with Crippen LogP contribution in [-0.2, 0) is 14.3 Å². The second kappa shape index (κ2) is 8.22. The molecule has 0 saturated carbocycles. The zero-order valence-electron chi connectivity index (χ0n) is 12.2. The van der Waals surface area contributed by atoms with Gasteiger partial charge in [0.15, 0.2) is 0 Å². The molecule has 0 unspecified atom stereocenters. The van der Waals surface area contributed by atoms with Gasteiger partial charge in [-0.05, 0) is 32.0 Å². The number of benzene rings is 1. The van der Waals surface area contributed by atoms with E-state index in [9.17, 15) is 9.59 Å². The monoisotopic (exact) mass is 332 g/mol. The summed E-state index contributed by atoms with van der Waals surface area (Å²) in [6, 6.07) is 4.77. The summed E-state index contributed by atoms with van der Waals surface area (Å²) in [5, 5.41) is 3.41. The van der Waals surface area contributed by atoms with Crippen LogP contribution in [0.15, 0.2) is 18.2 Å². The van der Waals surface area contributed by atoms with Gasteiger partial charge in [-0.1, -0.05) is 23.2 Å². The molecule has 5 nitrogen and oxygen atoms in total. The third kappa shape index (κ3) is 5.53. The van der Waals surface area contributed by atoms with E-state index in [0.717, 1.165) is 0 Å². The SMILES string of the molecule is CCO[C@@H](C)C(=O)N(C)CC(=O)Nc1ccc(Cl)c(Cl)c1. The summed E-state index contributed by atoms with van der Waals surface area (Å²) in [6.45, 7) is 3.83. The fraction of sp³-hybridized carbons (Fsp3) is 0.429. The van der Waals surface area contributed by atoms with Crippen molar-refractivity contribution in [1.82, 2.24) is 4.90 Å². The summed E-state index contributed by atoms with van der Waals surface area (Å²) in [5.74, 6) is -0.575. The number of carbonyl (C=O) groups is 2. The van der Waals surface area contributed by atoms with Gasteiger partial charge >= 0.3 is 0 Å². The summed E-state index contributed by atoms with van der Waals surface area (Å²) in [5.41, 5.74) is 0.521. The predicted molar refractivity (Wildman–Crippen MR) is 83.8 cm³/mol. The molecular weight excluding hydrogens is 315 g/mol. The van der Waals surface area contributed by atoms with Crippen LogP contribution in [-0.4, -0.2) is 43.0 Å². The van der Waals surface area contributed by atoms with Gasteiger partial charge in [0, 0.05) is 19.3 Å². The largest absolute Gasteiger partial charge is 0.369 e. The standard InChI is InChI=1S/C14H18Cl2N2O3/c1-4-21-9(2)14(20)18(3)8-13(19)17-10-5-6-11(15)12(16)7-10/h5-7,9H,4,8H2,1-3H3,(H,17,19)/t9-/m0/s1. The number of likely N-dealkylation sites (N-methyl/N-ethyl adjacent to an activating group) is 1. The summed E-state index contributed by atoms with van der Waals surface area (Å²) in [6.07, 6.45) is -0.572. The maximum absolute atomic E-state index is 11.9. The van der Waals surface area contributed by atoms with Gasteiger partial charge in [0.1, 0.15) is 6.10 Å². The summed E-state index contributed by atoms with van der Waals surface area (Å²) >= 11 is 11.7. The Kier molecular flexibility index (Phi) is 6.95. The molecule has 0 heterocycles. The highest BCUT2D eigenvalue weighted by Crippen LogP contribution is 2.24. The average molecular weight is 333 g/mol. The van der Waals surface area contributed by atoms with Crippen LogP contribution in [0.4, 0.5) is 5.69 Å². The molecule has 0 aliphatic carbocycles. The second-order valence-corrected chi connectivity index (χ2v) is 5.28. The molecule has 0 aliphatic rings. The molecule has 0 spiro atoms. The number of halogens is 2. The van der Waals surface area contributed by atoms with E-state index in [4.69, 9.17) is 27.9 Å². The van der Waals surface area contributed by atoms with Crippen molar-refractivity contribution in [1.29, 1.82) is 0 Å². The van der Waals surface area contributed by atoms with Crippen molar-refractivity contribution in [3.8, 4) is 0 Å². The third-order valence-electron chi connectivity index (χ3n) is 2.72. The molecule has 0 bridgehead atoms. The van der Waals surface area contributed by atoms with Crippen LogP contribution in [0.1, 0.15) is 13.8 Å². The minimum Gasteiger partial charge on any atom is -0.369 e. The molecule has 0 aliphatic heterocycles. The van der Waals surface area contributed by atoms with Crippen LogP contribution in [0.5, 0.6) is 0 Å². The second-order valence-electron chi connectivity index (χ2n) is 4.47. The lowest BCUT2D eigenvalue weighted by molar-refractivity contribution is -0.142. The highest BCUT2D eigenvalue weighted by atomic mass is 35.5. The molecule has 1 aromatic rings. The summed E-state index contributed by atoms with van der Waals surface area (Å²) < 4.78 is 5.20. The Morgan fingerprint density at radius 2 is 2.00 bits per heavy atom. The van der Waals surface area contributed by atoms with E-state index in [1.54, 1.807) is 39.1 Å². The zero-order chi connectivity index (χ0) is 16.0. The fourth-order valence-corrected chi connectivity index (χ4v) is 2.00. The van der Waals surface area contributed by atoms with Gasteiger partial charge in [0.2, 0.25) is 5.91 Å². The molecule has 1 atom stereocenters. The molecule has 0 radical (unpaired) electrons. The summed E-state index contributed by atoms with van der Waals surface area (Å²) in [4.78, 5) is 25.1. The third-order valence-corrected chi connectivity index (χ3v) is 3.46. The number of nitrogens with one attached hydrogen (secondary N) is 1. The highest BCUT2D eigenvalue weighted by molar-refractivity contribution is 6.42. The Hall–Kier alpha value is -1.30. The molecule has 1 aromatic carbocycles. The summed E-state index contributed by atoms with van der Waals surface area (Å²) in [7, 11) is 1.55. The number of hydrogen-bond acceptors (Lipinski definition) is 3. The van der Waals surface area contributed by atoms with Gasteiger partial charge < -0.3 is 15.0 Å². The van der Waals surface area contributed by atoms with Crippen LogP contribution in [0.3, 0.4) is 0 Å². The number of nitrogens with zero attached hydrogens (tertiary/aromatic N) is 1. The van der Waals surface area contributed by atoms with E-state index < -0.39 is 6.10 Å². The first-order chi connectivity index (χ1) is 9.85. The van der Waals surface area contributed by atoms with Crippen molar-refractivity contribution < 1.29 is 14.3 Å². The van der Waals surface area contributed by atoms with E-state index in [1.807, 2.05) is 0 Å². The number of amides is 2. The maximum Gasteiger partial charge on any atom is 0.251 e. The van der Waals surface area contributed by atoms with E-state index in [-0.39, 0.29) is 18.4 Å². The van der Waals surface area contributed by atoms with Crippen molar-refractivity contribution in [2.45, 2.75) is 20.0 Å². The molecular formula is C14H18Cl2N2O3. The van der Waals surface area contributed by atoms with Crippen molar-refractivity contribution in [2.24, 2.45) is 0 Å². The lowest BCUT2D eigenvalue weighted by Gasteiger charge is -2.20. The van der Waals surface area contributed by atoms with E-state index in [1.165, 1.54) is 4.90 Å². The molecule has 1 N–H and O–H groups in total. The topological polar surface area (TPSA) is 58.6 Å². The van der Waals surface area contributed by atoms with Crippen molar-refractivity contribution in [3.63, 3.8) is 0 Å². The van der Waals surface area contributed by atoms with Crippen molar-refractivity contribution >= 4 is 40.7 Å². The molecule has 2 amide bonds. The Morgan fingerprint density at radius 3 is 2.57 bits per heavy atom. The first kappa shape index (κ1) is 17.8. The molecule has 0 aromatic heterocycles. The van der Waals surface area contributed by atoms with Gasteiger partial charge in [-0.2, -0.15) is 0 Å². The predicted octanol–water partition coefficient (Wildman–Crippen LogP) is 2.82. The minimum atomic E-state index is -0.572. The minimum absolute atomic E-state index is 0.0729. The van der Waals surface area contributed by atoms with Gasteiger partial charge in [-0.25, -0.2) is 0 Å². The van der Waals surface area contributed by atoms with Crippen LogP contribution in [0.25, 0.3) is 0 Å². The molecule has 7 heteroatoms. The molecule has 21 heavy (non-hydrogen) atoms. The number of ether oxygens (including phenoxy) is 1. The van der Waals surface area contributed by atoms with E-state index >= 15 is 0 Å². The first-order valence-corrected chi connectivity index (χ1v) is 7.22. The Balaban J connectivity index is 2.56. The first-order valence-electron chi connectivity index (χ1n) is 6.46. The lowest BCUT2D eigenvalue weighted by Crippen LogP contribution is -2.40. The fourth-order valence-electron chi connectivity index (χ4n) is 1.70. The molecule has 0 fully saturated rings. The smallest absolute Gasteiger partial charge is 0.251 e. The van der Waals surface area contributed by atoms with Crippen molar-refractivity contribution in [3.05, 3.63) is 28.2 Å². The van der Waals surface area contributed by atoms with E-state index in [2.05, 4.69) is 5.32 Å². The van der Waals surface area contributed by atoms with Gasteiger partial charge in [-0.15, -0.1) is 0 Å². The van der Waals surface area contributed by atoms with Gasteiger partial charge in [0.25, 0.3) is 5.91 Å². The van der Waals surface area contributed by atoms with Gasteiger partial charge in [0.05, 0.1) is 16.6 Å². The van der Waals surface area contributed by atoms with Crippen LogP contribution < -0.4 is 5.32 Å². The van der Waals surface area contributed by atoms with Crippen molar-refractivity contribution in [2.75, 3.05) is 25.5 Å². The number of rotatable bonds is 6. The highest BCUT2D eigenvalue weighted by Gasteiger charge is 2.19. The normalized spacial score (nSPS) is 11.9. The Morgan fingerprint density at radius 1 is 1.33 bits per heavy atom. The molecule has 1 rings (SSSR count). The maximum atomic E-state index is 11.9. The zero-order valence-corrected chi connectivity index (χ0v) is 13.7. The van der Waals surface area contributed by atoms with E-state index in [0.29, 0.717) is 22.3 Å². The Bertz CT molecular complexity index is 523. The number of anilines is 1. The average Bonchev–Trinajstić information content (AvgIpc) is 2.42. The van der Waals surface area contributed by atoms with Gasteiger partial charge in [-0.3, -0.25) is 9.59 Å². The van der Waals surface area contributed by atoms with Crippen LogP contribution in [0, 0.1) is 0 Å². The number of carbonyl (C=O) groups excluding carboxylic acids is 2. The number of hydrogen-bond donors (Lipinski definition) is 1. The Labute approximate surface area is 134 Å². The lowest BCUT2D eigenvalue weighted by atomic mass is 10.3. The molecule has 116 valence electrons. The van der Waals surface area contributed by atoms with Crippen LogP contribution >= 0.6 is 23.2 Å².